The van der Waals surface area contributed by atoms with Gasteiger partial charge in [-0.3, -0.25) is 9.59 Å². The molecule has 1 heterocycles. The highest BCUT2D eigenvalue weighted by molar-refractivity contribution is 5.94. The molecule has 1 aliphatic heterocycles. The maximum Gasteiger partial charge on any atom is 0.586 e. The summed E-state index contributed by atoms with van der Waals surface area (Å²) >= 11 is 0. The van der Waals surface area contributed by atoms with Crippen molar-refractivity contribution >= 4 is 11.9 Å². The maximum atomic E-state index is 13.3. The molecule has 2 aromatic rings. The lowest BCUT2D eigenvalue weighted by Gasteiger charge is -2.24. The average Bonchev–Trinajstić information content (AvgIpc) is 3.13. The lowest BCUT2D eigenvalue weighted by Crippen LogP contribution is -2.26. The number of halogens is 2. The largest absolute Gasteiger partial charge is 0.586 e. The zero-order chi connectivity index (χ0) is 25.6. The summed E-state index contributed by atoms with van der Waals surface area (Å²) in [7, 11) is 0. The van der Waals surface area contributed by atoms with Crippen LogP contribution in [-0.4, -0.2) is 29.9 Å². The molecule has 190 valence electrons. The number of alkyl halides is 2. The molecule has 0 saturated heterocycles. The molecule has 3 N–H and O–H groups in total. The van der Waals surface area contributed by atoms with E-state index in [1.807, 2.05) is 31.2 Å². The fraction of sp³-hybridized carbons (Fsp3) is 0.462. The van der Waals surface area contributed by atoms with Gasteiger partial charge in [-0.25, -0.2) is 0 Å². The van der Waals surface area contributed by atoms with Gasteiger partial charge in [0, 0.05) is 12.0 Å². The first-order valence-corrected chi connectivity index (χ1v) is 11.7. The average molecular weight is 492 g/mol. The molecule has 0 spiro atoms. The van der Waals surface area contributed by atoms with Crippen LogP contribution in [-0.2, 0) is 11.2 Å². The van der Waals surface area contributed by atoms with Crippen molar-refractivity contribution in [2.75, 3.05) is 6.61 Å². The van der Waals surface area contributed by atoms with Gasteiger partial charge < -0.3 is 25.1 Å². The highest BCUT2D eigenvalue weighted by Crippen LogP contribution is 2.47. The predicted octanol–water partition coefficient (Wildman–Crippen LogP) is 5.32. The molecule has 1 saturated carbocycles. The number of aryl methyl sites for hydroxylation is 1. The van der Waals surface area contributed by atoms with Gasteiger partial charge in [-0.1, -0.05) is 43.2 Å². The van der Waals surface area contributed by atoms with Crippen molar-refractivity contribution in [2.45, 2.75) is 58.7 Å². The number of carbonyl (C=O) groups is 2. The third-order valence-corrected chi connectivity index (χ3v) is 6.26. The number of fused-ring (bicyclic) bond motifs is 1. The lowest BCUT2D eigenvalue weighted by molar-refractivity contribution is -0.287. The number of primary amides is 1. The molecule has 2 aliphatic rings. The minimum absolute atomic E-state index is 0.000561. The molecule has 0 bridgehead atoms. The van der Waals surface area contributed by atoms with E-state index in [0.29, 0.717) is 6.42 Å². The Labute approximate surface area is 203 Å². The predicted molar refractivity (Wildman–Crippen MR) is 125 cm³/mol. The summed E-state index contributed by atoms with van der Waals surface area (Å²) in [6.45, 7) is 4.37. The van der Waals surface area contributed by atoms with E-state index in [2.05, 4.69) is 16.4 Å². The summed E-state index contributed by atoms with van der Waals surface area (Å²) < 4.78 is 40.9. The van der Waals surface area contributed by atoms with Gasteiger partial charge in [-0.15, -0.1) is 8.78 Å². The number of hydrogen-bond acceptors (Lipinski definition) is 5. The Morgan fingerprint density at radius 1 is 1.14 bits per heavy atom. The van der Waals surface area contributed by atoms with Crippen LogP contribution in [0.2, 0.25) is 0 Å². The zero-order valence-corrected chi connectivity index (χ0v) is 19.9. The van der Waals surface area contributed by atoms with E-state index in [1.54, 1.807) is 0 Å². The Bertz CT molecular complexity index is 1050. The molecule has 0 unspecified atom stereocenters. The highest BCUT2D eigenvalue weighted by Gasteiger charge is 2.45. The summed E-state index contributed by atoms with van der Waals surface area (Å²) in [6, 6.07) is 10.2. The van der Waals surface area contributed by atoms with Crippen molar-refractivity contribution in [3.8, 4) is 17.2 Å². The molecule has 35 heavy (non-hydrogen) atoms. The maximum absolute atomic E-state index is 13.3. The van der Waals surface area contributed by atoms with Gasteiger partial charge in [0.15, 0.2) is 11.5 Å². The van der Waals surface area contributed by atoms with Crippen molar-refractivity contribution in [3.63, 3.8) is 0 Å². The number of amides is 1. The van der Waals surface area contributed by atoms with Gasteiger partial charge in [0.05, 0.1) is 12.5 Å². The summed E-state index contributed by atoms with van der Waals surface area (Å²) in [5, 5.41) is 8.70. The molecule has 1 aliphatic carbocycles. The number of ether oxygens (including phenoxy) is 3. The number of hydrogen-bond donors (Lipinski definition) is 2. The van der Waals surface area contributed by atoms with E-state index in [1.165, 1.54) is 12.5 Å². The third-order valence-electron chi connectivity index (χ3n) is 6.26. The fourth-order valence-electron chi connectivity index (χ4n) is 4.23. The van der Waals surface area contributed by atoms with Crippen molar-refractivity contribution in [1.29, 1.82) is 0 Å². The van der Waals surface area contributed by atoms with Crippen LogP contribution >= 0.6 is 0 Å². The first kappa shape index (κ1) is 26.2. The van der Waals surface area contributed by atoms with Gasteiger partial charge in [0.2, 0.25) is 11.7 Å². The molecule has 0 aromatic heterocycles. The van der Waals surface area contributed by atoms with E-state index in [9.17, 15) is 18.4 Å². The van der Waals surface area contributed by atoms with Crippen molar-refractivity contribution in [1.82, 2.24) is 0 Å². The van der Waals surface area contributed by atoms with E-state index < -0.39 is 18.2 Å². The Hall–Kier alpha value is -3.36. The van der Waals surface area contributed by atoms with Crippen molar-refractivity contribution in [2.24, 2.45) is 17.6 Å². The van der Waals surface area contributed by atoms with Crippen LogP contribution in [0.3, 0.4) is 0 Å². The summed E-state index contributed by atoms with van der Waals surface area (Å²) in [5.41, 5.74) is 7.36. The molecule has 1 amide bonds. The van der Waals surface area contributed by atoms with E-state index in [-0.39, 0.29) is 35.3 Å². The Morgan fingerprint density at radius 3 is 2.46 bits per heavy atom. The second kappa shape index (κ2) is 11.4. The van der Waals surface area contributed by atoms with E-state index in [4.69, 9.17) is 15.6 Å². The smallest absolute Gasteiger partial charge is 0.489 e. The van der Waals surface area contributed by atoms with Crippen molar-refractivity contribution < 1.29 is 37.7 Å². The topological polar surface area (TPSA) is 108 Å². The van der Waals surface area contributed by atoms with Crippen LogP contribution in [0.4, 0.5) is 8.78 Å². The van der Waals surface area contributed by atoms with Crippen LogP contribution in [0.15, 0.2) is 36.4 Å². The molecule has 1 fully saturated rings. The number of carboxylic acids is 1. The molecular weight excluding hydrogens is 460 g/mol. The highest BCUT2D eigenvalue weighted by atomic mass is 19.3. The molecule has 4 rings (SSSR count). The first-order valence-electron chi connectivity index (χ1n) is 11.7. The molecule has 0 atom stereocenters. The number of carboxylic acid groups (broad SMARTS) is 1. The third kappa shape index (κ3) is 7.31. The Morgan fingerprint density at radius 2 is 1.86 bits per heavy atom. The number of carbonyl (C=O) groups excluding carboxylic acids is 1. The normalized spacial score (nSPS) is 19.9. The second-order valence-electron chi connectivity index (χ2n) is 8.89. The minimum atomic E-state index is -3.80. The Balaban J connectivity index is 0.000000261. The monoisotopic (exact) mass is 491 g/mol. The molecule has 0 radical (unpaired) electrons. The molecule has 9 heteroatoms. The number of aliphatic carboxylic acids is 1. The van der Waals surface area contributed by atoms with Crippen molar-refractivity contribution in [3.05, 3.63) is 53.1 Å². The summed E-state index contributed by atoms with van der Waals surface area (Å²) in [6.07, 6.45) is 2.01. The lowest BCUT2D eigenvalue weighted by atomic mass is 9.81. The van der Waals surface area contributed by atoms with E-state index >= 15 is 0 Å². The van der Waals surface area contributed by atoms with Crippen LogP contribution in [0, 0.1) is 18.8 Å². The van der Waals surface area contributed by atoms with Gasteiger partial charge in [0.1, 0.15) is 0 Å². The first-order chi connectivity index (χ1) is 16.6. The second-order valence-corrected chi connectivity index (χ2v) is 8.89. The SMILES string of the molecule is CCC1CCC(C(=O)O)CC1.Cc1cccc(CCOc2cc(C(N)=O)cc3c2OC(F)(F)O3)c1. The van der Waals surface area contributed by atoms with Crippen LogP contribution < -0.4 is 19.9 Å². The standard InChI is InChI=1S/C17H15F2NO4.C9H16O2/c1-10-3-2-4-11(7-10)5-6-22-13-8-12(16(20)21)9-14-15(13)24-17(18,19)23-14;1-2-7-3-5-8(6-4-7)9(10)11/h2-4,7-9H,5-6H2,1H3,(H2,20,21);7-8H,2-6H2,1H3,(H,10,11). The molecule has 7 nitrogen and oxygen atoms in total. The Kier molecular flexibility index (Phi) is 8.53. The summed E-state index contributed by atoms with van der Waals surface area (Å²) in [4.78, 5) is 21.9. The summed E-state index contributed by atoms with van der Waals surface area (Å²) in [5.74, 6) is -1.15. The van der Waals surface area contributed by atoms with Gasteiger partial charge in [-0.2, -0.15) is 0 Å². The number of nitrogens with two attached hydrogens (primary N) is 1. The van der Waals surface area contributed by atoms with Crippen LogP contribution in [0.1, 0.15) is 60.5 Å². The van der Waals surface area contributed by atoms with E-state index in [0.717, 1.165) is 48.8 Å². The zero-order valence-electron chi connectivity index (χ0n) is 19.9. The van der Waals surface area contributed by atoms with Crippen LogP contribution in [0.5, 0.6) is 17.2 Å². The van der Waals surface area contributed by atoms with Gasteiger partial charge in [0.25, 0.3) is 0 Å². The quantitative estimate of drug-likeness (QED) is 0.542. The fourth-order valence-corrected chi connectivity index (χ4v) is 4.23. The van der Waals surface area contributed by atoms with Gasteiger partial charge >= 0.3 is 12.3 Å². The molecular formula is C26H31F2NO6. The van der Waals surface area contributed by atoms with Gasteiger partial charge in [-0.05, 0) is 56.2 Å². The number of rotatable bonds is 7. The van der Waals surface area contributed by atoms with Crippen LogP contribution in [0.25, 0.3) is 0 Å². The number of benzene rings is 2. The molecule has 2 aromatic carbocycles. The minimum Gasteiger partial charge on any atom is -0.489 e.